The molecule has 5 aliphatic carbocycles. The minimum absolute atomic E-state index is 0.00310. The van der Waals surface area contributed by atoms with Crippen LogP contribution < -0.4 is 0 Å². The van der Waals surface area contributed by atoms with Crippen molar-refractivity contribution in [3.63, 3.8) is 0 Å². The molecule has 9 fully saturated rings. The number of fused-ring (bicyclic) bond motifs is 4. The molecule has 0 aromatic rings. The Labute approximate surface area is 485 Å². The minimum atomic E-state index is -1.79. The van der Waals surface area contributed by atoms with Crippen molar-refractivity contribution in [3.8, 4) is 0 Å². The number of rotatable bonds is 15. The molecule has 472 valence electrons. The number of cyclic esters (lactones) is 1. The highest BCUT2D eigenvalue weighted by molar-refractivity contribution is 5.99. The van der Waals surface area contributed by atoms with Gasteiger partial charge in [-0.15, -0.1) is 0 Å². The lowest BCUT2D eigenvalue weighted by molar-refractivity contribution is -0.365. The van der Waals surface area contributed by atoms with Crippen LogP contribution in [-0.4, -0.2) is 231 Å². The van der Waals surface area contributed by atoms with Crippen molar-refractivity contribution in [2.24, 2.45) is 51.2 Å². The van der Waals surface area contributed by atoms with Crippen LogP contribution in [-0.2, 0) is 61.7 Å². The first-order valence-corrected chi connectivity index (χ1v) is 30.2. The van der Waals surface area contributed by atoms with E-state index in [-0.39, 0.29) is 42.0 Å². The molecule has 0 bridgehead atoms. The predicted molar refractivity (Wildman–Crippen MR) is 288 cm³/mol. The second-order valence-corrected chi connectivity index (χ2v) is 27.7. The van der Waals surface area contributed by atoms with Crippen molar-refractivity contribution in [2.75, 3.05) is 33.5 Å². The number of Topliss-reactive ketones (excluding diaryl/α,β-unsaturated/α-hetero) is 1. The van der Waals surface area contributed by atoms with Crippen LogP contribution >= 0.6 is 0 Å². The van der Waals surface area contributed by atoms with E-state index in [9.17, 15) is 60.7 Å². The summed E-state index contributed by atoms with van der Waals surface area (Å²) in [4.78, 5) is 28.9. The summed E-state index contributed by atoms with van der Waals surface area (Å²) < 4.78 is 67.7. The third-order valence-electron chi connectivity index (χ3n) is 21.9. The minimum Gasteiger partial charge on any atom is -0.458 e. The third kappa shape index (κ3) is 10.8. The second-order valence-electron chi connectivity index (χ2n) is 27.7. The summed E-state index contributed by atoms with van der Waals surface area (Å²) in [6.45, 7) is 17.1. The van der Waals surface area contributed by atoms with E-state index in [1.54, 1.807) is 6.92 Å². The predicted octanol–water partition coefficient (Wildman–Crippen LogP) is 0.832. The Morgan fingerprint density at radius 2 is 1.33 bits per heavy atom. The number of hydrogen-bond acceptors (Lipinski definition) is 23. The van der Waals surface area contributed by atoms with Gasteiger partial charge < -0.3 is 103 Å². The van der Waals surface area contributed by atoms with E-state index in [2.05, 4.69) is 39.8 Å². The van der Waals surface area contributed by atoms with E-state index >= 15 is 0 Å². The summed E-state index contributed by atoms with van der Waals surface area (Å²) in [5.74, 6) is -1.61. The molecule has 23 heteroatoms. The fourth-order valence-corrected chi connectivity index (χ4v) is 17.3. The van der Waals surface area contributed by atoms with Gasteiger partial charge in [-0.2, -0.15) is 0 Å². The van der Waals surface area contributed by atoms with Gasteiger partial charge in [0.05, 0.1) is 62.2 Å². The molecule has 4 saturated carbocycles. The Kier molecular flexibility index (Phi) is 18.4. The Bertz CT molecular complexity index is 2390. The Morgan fingerprint density at radius 1 is 0.675 bits per heavy atom. The molecule has 9 unspecified atom stereocenters. The number of carbonyl (C=O) groups is 2. The average Bonchev–Trinajstić information content (AvgIpc) is 1.57. The lowest BCUT2D eigenvalue weighted by Gasteiger charge is -2.63. The molecular formula is C60H94O23. The number of hydrogen-bond donors (Lipinski definition) is 10. The number of esters is 1. The van der Waals surface area contributed by atoms with Crippen LogP contribution in [0.15, 0.2) is 23.3 Å². The molecule has 0 radical (unpaired) electrons. The van der Waals surface area contributed by atoms with Crippen LogP contribution in [0.2, 0.25) is 0 Å². The van der Waals surface area contributed by atoms with E-state index in [1.165, 1.54) is 18.3 Å². The van der Waals surface area contributed by atoms with Crippen LogP contribution in [0.4, 0.5) is 0 Å². The Hall–Kier alpha value is -2.18. The van der Waals surface area contributed by atoms with Crippen molar-refractivity contribution < 1.29 is 113 Å². The van der Waals surface area contributed by atoms with Gasteiger partial charge in [-0.05, 0) is 106 Å². The number of methoxy groups -OCH3 is 1. The average molecular weight is 1180 g/mol. The SMILES string of the molecule is COC1[C@H](O)C(CO)O[C@@H](OC2[C@H](O)CO[C@@H](O[C@@H]3C(C)C[C@H](OC4[C@H](O[C@H]5CC[C@]6(C)C7=CC[C@]89C(=O)O[C@@](C)(CCC=C(C)C)[C@H]8C(=O)C[C@@]9(C)C7CCC6C5(C)C)OC[C@@H](C)[C@@H]4O)[C@@H](O[C@@H]4OC[C@@H](O)C(O)[C@@H]4O)C3O)[C@H]2O)[C@H]1O. The molecule has 23 nitrogen and oxygen atoms in total. The number of carbonyl (C=O) groups excluding carboxylic acids is 2. The van der Waals surface area contributed by atoms with Gasteiger partial charge in [0.2, 0.25) is 0 Å². The molecule has 0 amide bonds. The van der Waals surface area contributed by atoms with Gasteiger partial charge in [-0.3, -0.25) is 9.59 Å². The molecule has 10 aliphatic rings. The number of allylic oxidation sites excluding steroid dienone is 4. The van der Waals surface area contributed by atoms with Crippen molar-refractivity contribution in [3.05, 3.63) is 23.3 Å². The fourth-order valence-electron chi connectivity index (χ4n) is 17.3. The van der Waals surface area contributed by atoms with Crippen molar-refractivity contribution in [1.29, 1.82) is 0 Å². The zero-order valence-electron chi connectivity index (χ0n) is 49.6. The molecule has 10 N–H and O–H groups in total. The van der Waals surface area contributed by atoms with Crippen LogP contribution in [0.1, 0.15) is 120 Å². The lowest BCUT2D eigenvalue weighted by Crippen LogP contribution is -2.65. The molecule has 30 atom stereocenters. The fraction of sp³-hybridized carbons (Fsp3) is 0.900. The molecular weight excluding hydrogens is 1090 g/mol. The first kappa shape index (κ1) is 63.8. The van der Waals surface area contributed by atoms with E-state index in [0.717, 1.165) is 25.7 Å². The number of ketones is 1. The zero-order valence-corrected chi connectivity index (χ0v) is 49.6. The van der Waals surface area contributed by atoms with Crippen molar-refractivity contribution >= 4 is 11.8 Å². The van der Waals surface area contributed by atoms with Gasteiger partial charge in [-0.25, -0.2) is 0 Å². The molecule has 1 spiro atoms. The van der Waals surface area contributed by atoms with Gasteiger partial charge in [0.25, 0.3) is 0 Å². The number of aliphatic hydroxyl groups excluding tert-OH is 10. The largest absolute Gasteiger partial charge is 0.458 e. The Morgan fingerprint density at radius 3 is 2.01 bits per heavy atom. The number of aliphatic hydroxyl groups is 10. The van der Waals surface area contributed by atoms with Crippen LogP contribution in [0.25, 0.3) is 0 Å². The van der Waals surface area contributed by atoms with Gasteiger partial charge >= 0.3 is 5.97 Å². The zero-order chi connectivity index (χ0) is 60.2. The van der Waals surface area contributed by atoms with Gasteiger partial charge in [-0.1, -0.05) is 64.8 Å². The molecule has 10 rings (SSSR count). The summed E-state index contributed by atoms with van der Waals surface area (Å²) in [5.41, 5.74) is -0.707. The van der Waals surface area contributed by atoms with E-state index < -0.39 is 188 Å². The van der Waals surface area contributed by atoms with Gasteiger partial charge in [0.1, 0.15) is 90.7 Å². The highest BCUT2D eigenvalue weighted by Crippen LogP contribution is 2.75. The van der Waals surface area contributed by atoms with Gasteiger partial charge in [0.15, 0.2) is 25.2 Å². The van der Waals surface area contributed by atoms with E-state index in [0.29, 0.717) is 25.7 Å². The summed E-state index contributed by atoms with van der Waals surface area (Å²) in [6.07, 6.45) is -19.9. The topological polar surface area (TPSA) is 338 Å². The maximum atomic E-state index is 14.5. The monoisotopic (exact) mass is 1180 g/mol. The Balaban J connectivity index is 0.865. The maximum Gasteiger partial charge on any atom is 0.314 e. The summed E-state index contributed by atoms with van der Waals surface area (Å²) in [5, 5.41) is 111. The number of ether oxygens (including phenoxy) is 11. The van der Waals surface area contributed by atoms with E-state index in [1.807, 2.05) is 27.7 Å². The molecule has 5 aliphatic heterocycles. The van der Waals surface area contributed by atoms with Crippen molar-refractivity contribution in [1.82, 2.24) is 0 Å². The second kappa shape index (κ2) is 24.0. The first-order valence-electron chi connectivity index (χ1n) is 30.2. The normalized spacial score (nSPS) is 52.4. The van der Waals surface area contributed by atoms with Crippen LogP contribution in [0.5, 0.6) is 0 Å². The lowest BCUT2D eigenvalue weighted by atomic mass is 9.41. The standard InChI is InChI=1S/C60H94O23/c1-26(2)12-11-17-59(9)50-31(62)21-58(8)30-13-14-36-56(5,6)37(16-18-57(36,7)29(30)15-19-60(50,58)55(72)83-59)79-54-49(38(65)28(4)23-74-54)77-34-20-27(3)45(42(69)47(34)82-51-41(68)39(66)32(63)24-75-51)80-52-43(70)46(33(64)25-76-52)81-53-44(71)48(73-10)40(67)35(22-61)78-53/h12,15,27-28,30,32-54,61,63-71H,11,13-14,16-25H2,1-10H3/t27?,28-,30?,32-,33-,34+,35?,36?,37+,38+,39?,40-,41+,42?,43+,44+,45-,46?,47-,48?,49?,50-,51+,52+,53+,54+,57-,58+,59+,60-/m1/s1. The summed E-state index contributed by atoms with van der Waals surface area (Å²) in [6, 6.07) is 0. The third-order valence-corrected chi connectivity index (χ3v) is 21.9. The van der Waals surface area contributed by atoms with Crippen LogP contribution in [0, 0.1) is 51.2 Å². The first-order chi connectivity index (χ1) is 39.1. The van der Waals surface area contributed by atoms with E-state index in [4.69, 9.17) is 52.1 Å². The highest BCUT2D eigenvalue weighted by Gasteiger charge is 2.79. The summed E-state index contributed by atoms with van der Waals surface area (Å²) in [7, 11) is 1.24. The molecule has 5 saturated heterocycles. The molecule has 5 heterocycles. The van der Waals surface area contributed by atoms with Gasteiger partial charge in [0, 0.05) is 19.4 Å². The van der Waals surface area contributed by atoms with Crippen molar-refractivity contribution in [2.45, 2.75) is 255 Å². The van der Waals surface area contributed by atoms with Crippen LogP contribution in [0.3, 0.4) is 0 Å². The highest BCUT2D eigenvalue weighted by atomic mass is 16.8. The summed E-state index contributed by atoms with van der Waals surface area (Å²) >= 11 is 0. The molecule has 0 aromatic carbocycles. The maximum absolute atomic E-state index is 14.5. The molecule has 83 heavy (non-hydrogen) atoms. The quantitative estimate of drug-likeness (QED) is 0.0617. The smallest absolute Gasteiger partial charge is 0.314 e. The molecule has 0 aromatic heterocycles.